The number of nitrogens with one attached hydrogen (secondary N) is 2. The molecule has 1 saturated heterocycles. The van der Waals surface area contributed by atoms with Crippen LogP contribution in [0.15, 0.2) is 18.3 Å². The van der Waals surface area contributed by atoms with Crippen molar-refractivity contribution in [3.05, 3.63) is 29.6 Å². The van der Waals surface area contributed by atoms with Gasteiger partial charge in [-0.25, -0.2) is 0 Å². The quantitative estimate of drug-likeness (QED) is 0.894. The molecule has 0 aromatic carbocycles. The molecule has 6 heteroatoms. The van der Waals surface area contributed by atoms with Gasteiger partial charge in [-0.3, -0.25) is 9.78 Å². The summed E-state index contributed by atoms with van der Waals surface area (Å²) in [6.07, 6.45) is 4.68. The van der Waals surface area contributed by atoms with Crippen LogP contribution < -0.4 is 10.6 Å². The summed E-state index contributed by atoms with van der Waals surface area (Å²) in [5, 5.41) is 6.25. The Morgan fingerprint density at radius 2 is 2.26 bits per heavy atom. The first-order valence-electron chi connectivity index (χ1n) is 6.15. The van der Waals surface area contributed by atoms with E-state index < -0.39 is 0 Å². The number of carbonyl (C=O) groups excluding carboxylic acids is 1. The third-order valence-electron chi connectivity index (χ3n) is 3.06. The van der Waals surface area contributed by atoms with Crippen LogP contribution in [0.4, 0.5) is 0 Å². The van der Waals surface area contributed by atoms with Crippen LogP contribution >= 0.6 is 24.8 Å². The molecule has 1 aliphatic heterocycles. The van der Waals surface area contributed by atoms with Crippen LogP contribution in [-0.4, -0.2) is 23.5 Å². The molecule has 0 radical (unpaired) electrons. The highest BCUT2D eigenvalue weighted by Crippen LogP contribution is 2.08. The maximum absolute atomic E-state index is 11.7. The zero-order valence-corrected chi connectivity index (χ0v) is 12.6. The van der Waals surface area contributed by atoms with Gasteiger partial charge in [-0.2, -0.15) is 0 Å². The van der Waals surface area contributed by atoms with E-state index in [0.717, 1.165) is 24.2 Å². The lowest BCUT2D eigenvalue weighted by Gasteiger charge is -2.10. The number of aromatic nitrogens is 1. The highest BCUT2D eigenvalue weighted by atomic mass is 35.5. The molecule has 0 aliphatic carbocycles. The Labute approximate surface area is 126 Å². The molecule has 19 heavy (non-hydrogen) atoms. The van der Waals surface area contributed by atoms with Crippen molar-refractivity contribution < 1.29 is 4.79 Å². The Hall–Kier alpha value is -0.840. The third kappa shape index (κ3) is 6.23. The van der Waals surface area contributed by atoms with Crippen molar-refractivity contribution >= 4 is 30.7 Å². The zero-order valence-electron chi connectivity index (χ0n) is 11.0. The Balaban J connectivity index is 0.00000162. The lowest BCUT2D eigenvalue weighted by atomic mass is 10.1. The van der Waals surface area contributed by atoms with Crippen molar-refractivity contribution in [1.82, 2.24) is 15.6 Å². The molecule has 0 bridgehead atoms. The summed E-state index contributed by atoms with van der Waals surface area (Å²) in [5.74, 6) is 0.116. The number of aryl methyl sites for hydroxylation is 1. The van der Waals surface area contributed by atoms with Gasteiger partial charge >= 0.3 is 0 Å². The minimum Gasteiger partial charge on any atom is -0.352 e. The number of hydrogen-bond acceptors (Lipinski definition) is 3. The second-order valence-electron chi connectivity index (χ2n) is 4.58. The first kappa shape index (κ1) is 18.2. The van der Waals surface area contributed by atoms with E-state index in [2.05, 4.69) is 15.6 Å². The summed E-state index contributed by atoms with van der Waals surface area (Å²) in [6, 6.07) is 4.32. The van der Waals surface area contributed by atoms with Gasteiger partial charge in [0.1, 0.15) is 0 Å². The highest BCUT2D eigenvalue weighted by molar-refractivity contribution is 5.85. The van der Waals surface area contributed by atoms with E-state index >= 15 is 0 Å². The van der Waals surface area contributed by atoms with Crippen molar-refractivity contribution in [2.75, 3.05) is 6.54 Å². The number of pyridine rings is 1. The minimum atomic E-state index is 0. The second kappa shape index (κ2) is 9.13. The highest BCUT2D eigenvalue weighted by Gasteiger charge is 2.17. The number of hydrogen-bond donors (Lipinski definition) is 2. The van der Waals surface area contributed by atoms with Gasteiger partial charge in [0.05, 0.1) is 0 Å². The van der Waals surface area contributed by atoms with Crippen molar-refractivity contribution in [3.8, 4) is 0 Å². The standard InChI is InChI=1S/C13H19N3O.2ClH/c1-10-4-5-11(8-15-10)9-16-13(17)7-12-3-2-6-14-12;;/h4-5,8,12,14H,2-3,6-7,9H2,1H3,(H,16,17);2*1H. The summed E-state index contributed by atoms with van der Waals surface area (Å²) in [7, 11) is 0. The van der Waals surface area contributed by atoms with Crippen molar-refractivity contribution in [1.29, 1.82) is 0 Å². The molecule has 108 valence electrons. The Kier molecular flexibility index (Phi) is 8.72. The largest absolute Gasteiger partial charge is 0.352 e. The predicted molar refractivity (Wildman–Crippen MR) is 81.0 cm³/mol. The number of carbonyl (C=O) groups is 1. The molecule has 1 aliphatic rings. The topological polar surface area (TPSA) is 54.0 Å². The number of amides is 1. The lowest BCUT2D eigenvalue weighted by Crippen LogP contribution is -2.31. The van der Waals surface area contributed by atoms with Crippen LogP contribution in [0.1, 0.15) is 30.5 Å². The van der Waals surface area contributed by atoms with Gasteiger partial charge in [0.15, 0.2) is 0 Å². The fraction of sp³-hybridized carbons (Fsp3) is 0.538. The van der Waals surface area contributed by atoms with Crippen LogP contribution in [0.25, 0.3) is 0 Å². The fourth-order valence-corrected chi connectivity index (χ4v) is 2.03. The van der Waals surface area contributed by atoms with E-state index in [-0.39, 0.29) is 30.7 Å². The van der Waals surface area contributed by atoms with E-state index in [1.54, 1.807) is 0 Å². The maximum atomic E-state index is 11.7. The first-order chi connectivity index (χ1) is 8.24. The first-order valence-corrected chi connectivity index (χ1v) is 6.15. The number of rotatable bonds is 4. The second-order valence-corrected chi connectivity index (χ2v) is 4.58. The SMILES string of the molecule is Cc1ccc(CNC(=O)CC2CCCN2)cn1.Cl.Cl. The van der Waals surface area contributed by atoms with Crippen LogP contribution in [0, 0.1) is 6.92 Å². The summed E-state index contributed by atoms with van der Waals surface area (Å²) >= 11 is 0. The van der Waals surface area contributed by atoms with Crippen LogP contribution in [0.2, 0.25) is 0 Å². The normalized spacial score (nSPS) is 17.2. The summed E-state index contributed by atoms with van der Waals surface area (Å²) in [6.45, 7) is 3.56. The summed E-state index contributed by atoms with van der Waals surface area (Å²) in [5.41, 5.74) is 2.04. The third-order valence-corrected chi connectivity index (χ3v) is 3.06. The molecule has 0 saturated carbocycles. The van der Waals surface area contributed by atoms with Gasteiger partial charge in [-0.15, -0.1) is 24.8 Å². The Morgan fingerprint density at radius 1 is 1.47 bits per heavy atom. The van der Waals surface area contributed by atoms with Crippen molar-refractivity contribution in [2.24, 2.45) is 0 Å². The maximum Gasteiger partial charge on any atom is 0.221 e. The molecule has 1 atom stereocenters. The van der Waals surface area contributed by atoms with Gasteiger partial charge in [0, 0.05) is 30.9 Å². The van der Waals surface area contributed by atoms with Gasteiger partial charge < -0.3 is 10.6 Å². The molecular weight excluding hydrogens is 285 g/mol. The van der Waals surface area contributed by atoms with Crippen molar-refractivity contribution in [3.63, 3.8) is 0 Å². The lowest BCUT2D eigenvalue weighted by molar-refractivity contribution is -0.121. The summed E-state index contributed by atoms with van der Waals surface area (Å²) in [4.78, 5) is 15.9. The smallest absolute Gasteiger partial charge is 0.221 e. The molecule has 1 unspecified atom stereocenters. The number of halogens is 2. The monoisotopic (exact) mass is 305 g/mol. The van der Waals surface area contributed by atoms with Crippen LogP contribution in [-0.2, 0) is 11.3 Å². The van der Waals surface area contributed by atoms with E-state index in [4.69, 9.17) is 0 Å². The van der Waals surface area contributed by atoms with Crippen LogP contribution in [0.3, 0.4) is 0 Å². The number of nitrogens with zero attached hydrogens (tertiary/aromatic N) is 1. The molecule has 0 spiro atoms. The van der Waals surface area contributed by atoms with Crippen molar-refractivity contribution in [2.45, 2.75) is 38.8 Å². The van der Waals surface area contributed by atoms with Crippen LogP contribution in [0.5, 0.6) is 0 Å². The molecule has 1 amide bonds. The van der Waals surface area contributed by atoms with E-state index in [0.29, 0.717) is 19.0 Å². The molecule has 2 heterocycles. The molecule has 2 rings (SSSR count). The molecule has 4 nitrogen and oxygen atoms in total. The summed E-state index contributed by atoms with van der Waals surface area (Å²) < 4.78 is 0. The van der Waals surface area contributed by atoms with Gasteiger partial charge in [0.2, 0.25) is 5.91 Å². The molecule has 1 aromatic rings. The van der Waals surface area contributed by atoms with E-state index in [1.165, 1.54) is 6.42 Å². The predicted octanol–water partition coefficient (Wildman–Crippen LogP) is 1.99. The molecular formula is C13H21Cl2N3O. The average molecular weight is 306 g/mol. The Morgan fingerprint density at radius 3 is 2.84 bits per heavy atom. The van der Waals surface area contributed by atoms with Gasteiger partial charge in [-0.1, -0.05) is 6.07 Å². The zero-order chi connectivity index (χ0) is 12.1. The van der Waals surface area contributed by atoms with Gasteiger partial charge in [-0.05, 0) is 37.9 Å². The van der Waals surface area contributed by atoms with E-state index in [1.807, 2.05) is 25.3 Å². The minimum absolute atomic E-state index is 0. The molecule has 1 fully saturated rings. The molecule has 1 aromatic heterocycles. The average Bonchev–Trinajstić information content (AvgIpc) is 2.81. The fourth-order valence-electron chi connectivity index (χ4n) is 2.03. The molecule has 2 N–H and O–H groups in total. The van der Waals surface area contributed by atoms with E-state index in [9.17, 15) is 4.79 Å². The Bertz CT molecular complexity index is 378. The van der Waals surface area contributed by atoms with Gasteiger partial charge in [0.25, 0.3) is 0 Å².